The molecule has 37 heavy (non-hydrogen) atoms. The number of aromatic amines is 1. The first-order chi connectivity index (χ1) is 17.7. The number of nitrogens with one attached hydrogen (secondary N) is 1. The van der Waals surface area contributed by atoms with Gasteiger partial charge in [-0.05, 0) is 57.7 Å². The van der Waals surface area contributed by atoms with Crippen LogP contribution in [0.1, 0.15) is 44.5 Å². The normalized spacial score (nSPS) is 28.9. The molecular formula is C27H36BrN7O2. The summed E-state index contributed by atoms with van der Waals surface area (Å²) in [7, 11) is 2.14. The van der Waals surface area contributed by atoms with Crippen molar-refractivity contribution < 1.29 is 10.2 Å². The second kappa shape index (κ2) is 10.7. The van der Waals surface area contributed by atoms with Crippen LogP contribution in [0.25, 0.3) is 23.2 Å². The number of halogens is 1. The molecule has 2 fully saturated rings. The number of rotatable bonds is 8. The van der Waals surface area contributed by atoms with Gasteiger partial charge in [0.05, 0.1) is 28.2 Å². The monoisotopic (exact) mass is 569 g/mol. The lowest BCUT2D eigenvalue weighted by atomic mass is 9.76. The average Bonchev–Trinajstić information content (AvgIpc) is 3.50. The van der Waals surface area contributed by atoms with E-state index in [1.54, 1.807) is 0 Å². The number of allylic oxidation sites excluding steroid dienone is 1. The number of fused-ring (bicyclic) bond motifs is 1. The van der Waals surface area contributed by atoms with Crippen molar-refractivity contribution in [3.63, 3.8) is 0 Å². The van der Waals surface area contributed by atoms with Gasteiger partial charge in [-0.2, -0.15) is 0 Å². The van der Waals surface area contributed by atoms with Crippen LogP contribution in [0.5, 0.6) is 0 Å². The van der Waals surface area contributed by atoms with Gasteiger partial charge in [-0.3, -0.25) is 0 Å². The summed E-state index contributed by atoms with van der Waals surface area (Å²) in [6, 6.07) is 2.14. The Balaban J connectivity index is 1.14. The molecule has 2 saturated carbocycles. The standard InChI is InChI=1S/C27H36BrN7O2/c1-4-20-21(9-15(2)28)33-23(32-20)6-5-16-10-18(11-16)34(3)13-17-12-22(25(37)24(17)36)35-8-7-19-26(29)30-14-31-27(19)35/h4,7-9,14,16-18,22,24-25,36-37H,2,5-6,10-13H2,1,3H3,(H,32,33)(H2,29,30,31)/b20-4+,21-9+/t16-,17-,18-,22-,24-,25+/m1/s1. The van der Waals surface area contributed by atoms with Gasteiger partial charge in [0.2, 0.25) is 0 Å². The van der Waals surface area contributed by atoms with Crippen molar-refractivity contribution in [1.29, 1.82) is 0 Å². The Hall–Kier alpha value is -2.53. The first-order valence-corrected chi connectivity index (χ1v) is 13.7. The molecule has 0 bridgehead atoms. The van der Waals surface area contributed by atoms with Gasteiger partial charge in [0.1, 0.15) is 29.7 Å². The van der Waals surface area contributed by atoms with Crippen LogP contribution >= 0.6 is 15.9 Å². The van der Waals surface area contributed by atoms with Gasteiger partial charge >= 0.3 is 0 Å². The summed E-state index contributed by atoms with van der Waals surface area (Å²) < 4.78 is 2.75. The molecule has 0 radical (unpaired) electrons. The molecule has 0 amide bonds. The SMILES string of the molecule is C=C(Br)/C=c1/nc(CC[C@H]2C[C@H](N(C)C[C@H]3C[C@@H](n4ccc5c(N)ncnc54)[C@H](O)[C@@H]3O)C2)[nH]/c1=C/C. The van der Waals surface area contributed by atoms with Crippen LogP contribution in [0.15, 0.2) is 29.7 Å². The van der Waals surface area contributed by atoms with E-state index < -0.39 is 12.2 Å². The summed E-state index contributed by atoms with van der Waals surface area (Å²) in [6.45, 7) is 6.64. The largest absolute Gasteiger partial charge is 0.390 e. The van der Waals surface area contributed by atoms with Gasteiger partial charge in [0.25, 0.3) is 0 Å². The van der Waals surface area contributed by atoms with E-state index in [9.17, 15) is 10.2 Å². The van der Waals surface area contributed by atoms with Crippen LogP contribution in [0.3, 0.4) is 0 Å². The number of hydrogen-bond acceptors (Lipinski definition) is 7. The van der Waals surface area contributed by atoms with E-state index in [2.05, 4.69) is 49.4 Å². The highest BCUT2D eigenvalue weighted by molar-refractivity contribution is 9.12. The Kier molecular flexibility index (Phi) is 7.53. The highest BCUT2D eigenvalue weighted by atomic mass is 79.9. The Morgan fingerprint density at radius 3 is 2.81 bits per heavy atom. The maximum Gasteiger partial charge on any atom is 0.145 e. The summed E-state index contributed by atoms with van der Waals surface area (Å²) in [6.07, 6.45) is 10.7. The summed E-state index contributed by atoms with van der Waals surface area (Å²) in [5.41, 5.74) is 6.68. The van der Waals surface area contributed by atoms with Crippen molar-refractivity contribution in [3.05, 3.63) is 46.2 Å². The Morgan fingerprint density at radius 2 is 2.08 bits per heavy atom. The fraction of sp³-hybridized carbons (Fsp3) is 0.519. The third kappa shape index (κ3) is 5.25. The van der Waals surface area contributed by atoms with E-state index in [4.69, 9.17) is 10.7 Å². The van der Waals surface area contributed by atoms with Crippen molar-refractivity contribution in [2.45, 2.75) is 63.3 Å². The van der Waals surface area contributed by atoms with E-state index in [0.29, 0.717) is 29.8 Å². The molecule has 4 atom stereocenters. The second-order valence-electron chi connectivity index (χ2n) is 10.6. The zero-order valence-corrected chi connectivity index (χ0v) is 23.0. The zero-order chi connectivity index (χ0) is 26.3. The van der Waals surface area contributed by atoms with Crippen LogP contribution in [0.4, 0.5) is 5.82 Å². The lowest BCUT2D eigenvalue weighted by Gasteiger charge is -2.42. The third-order valence-corrected chi connectivity index (χ3v) is 8.44. The molecule has 0 aliphatic heterocycles. The molecule has 3 heterocycles. The molecule has 0 aromatic carbocycles. The maximum absolute atomic E-state index is 10.9. The van der Waals surface area contributed by atoms with Gasteiger partial charge in [-0.25, -0.2) is 15.0 Å². The highest BCUT2D eigenvalue weighted by Crippen LogP contribution is 2.40. The van der Waals surface area contributed by atoms with Crippen LogP contribution in [0.2, 0.25) is 0 Å². The number of nitrogens with zero attached hydrogens (tertiary/aromatic N) is 5. The fourth-order valence-electron chi connectivity index (χ4n) is 6.02. The lowest BCUT2D eigenvalue weighted by molar-refractivity contribution is -0.00658. The summed E-state index contributed by atoms with van der Waals surface area (Å²) in [4.78, 5) is 18.9. The van der Waals surface area contributed by atoms with Crippen LogP contribution < -0.4 is 16.4 Å². The molecule has 0 unspecified atom stereocenters. The number of anilines is 1. The number of H-pyrrole nitrogens is 1. The number of imidazole rings is 1. The van der Waals surface area contributed by atoms with Crippen molar-refractivity contribution in [3.8, 4) is 0 Å². The van der Waals surface area contributed by atoms with E-state index in [1.165, 1.54) is 6.33 Å². The molecule has 2 aliphatic carbocycles. The highest BCUT2D eigenvalue weighted by Gasteiger charge is 2.44. The molecule has 5 rings (SSSR count). The maximum atomic E-state index is 10.9. The van der Waals surface area contributed by atoms with E-state index in [1.807, 2.05) is 35.9 Å². The van der Waals surface area contributed by atoms with Crippen molar-refractivity contribution in [2.75, 3.05) is 19.3 Å². The predicted molar refractivity (Wildman–Crippen MR) is 149 cm³/mol. The number of nitrogen functional groups attached to an aromatic ring is 1. The topological polar surface area (TPSA) is 129 Å². The van der Waals surface area contributed by atoms with Crippen LogP contribution in [-0.4, -0.2) is 71.5 Å². The molecule has 0 spiro atoms. The summed E-state index contributed by atoms with van der Waals surface area (Å²) in [5, 5.41) is 24.5. The minimum absolute atomic E-state index is 0.00799. The fourth-order valence-corrected chi connectivity index (χ4v) is 6.24. The summed E-state index contributed by atoms with van der Waals surface area (Å²) >= 11 is 3.39. The van der Waals surface area contributed by atoms with E-state index in [-0.39, 0.29) is 12.0 Å². The number of aliphatic hydroxyl groups excluding tert-OH is 2. The van der Waals surface area contributed by atoms with Crippen LogP contribution in [0, 0.1) is 11.8 Å². The molecule has 5 N–H and O–H groups in total. The lowest BCUT2D eigenvalue weighted by Crippen LogP contribution is -2.46. The minimum Gasteiger partial charge on any atom is -0.390 e. The third-order valence-electron chi connectivity index (χ3n) is 8.21. The number of hydrogen-bond donors (Lipinski definition) is 4. The van der Waals surface area contributed by atoms with E-state index in [0.717, 1.165) is 58.6 Å². The molecule has 198 valence electrons. The van der Waals surface area contributed by atoms with Gasteiger partial charge < -0.3 is 30.4 Å². The smallest absolute Gasteiger partial charge is 0.145 e. The number of aromatic nitrogens is 5. The van der Waals surface area contributed by atoms with E-state index >= 15 is 0 Å². The molecule has 9 nitrogen and oxygen atoms in total. The Bertz CT molecular complexity index is 1390. The molecule has 10 heteroatoms. The zero-order valence-electron chi connectivity index (χ0n) is 21.4. The molecular weight excluding hydrogens is 534 g/mol. The van der Waals surface area contributed by atoms with Gasteiger partial charge in [0.15, 0.2) is 0 Å². The van der Waals surface area contributed by atoms with Crippen LogP contribution in [-0.2, 0) is 6.42 Å². The molecule has 3 aromatic rings. The first kappa shape index (κ1) is 26.1. The van der Waals surface area contributed by atoms with Crippen molar-refractivity contribution in [2.24, 2.45) is 11.8 Å². The first-order valence-electron chi connectivity index (χ1n) is 13.0. The number of aryl methyl sites for hydroxylation is 1. The van der Waals surface area contributed by atoms with Gasteiger partial charge in [-0.15, -0.1) is 0 Å². The quantitative estimate of drug-likeness (QED) is 0.326. The number of aliphatic hydroxyl groups is 2. The molecule has 2 aliphatic rings. The van der Waals surface area contributed by atoms with Crippen molar-refractivity contribution >= 4 is 44.9 Å². The molecule has 3 aromatic heterocycles. The predicted octanol–water partition coefficient (Wildman–Crippen LogP) is 1.85. The Labute approximate surface area is 225 Å². The Morgan fingerprint density at radius 1 is 1.30 bits per heavy atom. The van der Waals surface area contributed by atoms with Gasteiger partial charge in [-0.1, -0.05) is 28.6 Å². The summed E-state index contributed by atoms with van der Waals surface area (Å²) in [5.74, 6) is 2.11. The number of nitrogens with two attached hydrogens (primary N) is 1. The van der Waals surface area contributed by atoms with Gasteiger partial charge in [0, 0.05) is 35.6 Å². The second-order valence-corrected chi connectivity index (χ2v) is 11.6. The average molecular weight is 571 g/mol. The molecule has 0 saturated heterocycles. The van der Waals surface area contributed by atoms with Crippen molar-refractivity contribution in [1.82, 2.24) is 29.4 Å². The minimum atomic E-state index is -0.846.